The first-order chi connectivity index (χ1) is 9.01. The third-order valence-electron chi connectivity index (χ3n) is 3.11. The summed E-state index contributed by atoms with van der Waals surface area (Å²) in [6.45, 7) is 4.14. The highest BCUT2D eigenvalue weighted by Gasteiger charge is 2.09. The summed E-state index contributed by atoms with van der Waals surface area (Å²) in [5.41, 5.74) is 11.6. The van der Waals surface area contributed by atoms with Crippen molar-refractivity contribution < 1.29 is 0 Å². The van der Waals surface area contributed by atoms with Crippen LogP contribution in [-0.4, -0.2) is 7.05 Å². The van der Waals surface area contributed by atoms with Crippen molar-refractivity contribution in [1.82, 2.24) is 0 Å². The quantitative estimate of drug-likeness (QED) is 0.831. The third kappa shape index (κ3) is 2.69. The molecule has 2 aromatic carbocycles. The molecule has 0 aliphatic carbocycles. The highest BCUT2D eigenvalue weighted by atomic mass is 15.1. The molecule has 0 unspecified atom stereocenters. The lowest BCUT2D eigenvalue weighted by molar-refractivity contribution is 1.19. The molecular weight excluding hydrogens is 234 g/mol. The number of aryl methyl sites for hydroxylation is 2. The average Bonchev–Trinajstić information content (AvgIpc) is 2.37. The first-order valence-corrected chi connectivity index (χ1v) is 6.13. The summed E-state index contributed by atoms with van der Waals surface area (Å²) in [5.74, 6) is 0. The molecule has 96 valence electrons. The predicted molar refractivity (Wildman–Crippen MR) is 79.5 cm³/mol. The Hall–Kier alpha value is -2.47. The molecule has 0 aliphatic heterocycles. The second kappa shape index (κ2) is 5.03. The fraction of sp³-hybridized carbons (Fsp3) is 0.188. The third-order valence-corrected chi connectivity index (χ3v) is 3.11. The Labute approximate surface area is 113 Å². The maximum Gasteiger partial charge on any atom is 0.0992 e. The van der Waals surface area contributed by atoms with Crippen LogP contribution in [0.25, 0.3) is 0 Å². The lowest BCUT2D eigenvalue weighted by Crippen LogP contribution is -2.12. The molecule has 0 heterocycles. The van der Waals surface area contributed by atoms with Crippen LogP contribution in [0.3, 0.4) is 0 Å². The average molecular weight is 251 g/mol. The fourth-order valence-corrected chi connectivity index (χ4v) is 2.19. The Morgan fingerprint density at radius 3 is 2.26 bits per heavy atom. The number of nitrogens with two attached hydrogens (primary N) is 1. The van der Waals surface area contributed by atoms with E-state index in [1.54, 1.807) is 12.1 Å². The van der Waals surface area contributed by atoms with E-state index in [1.807, 2.05) is 18.0 Å². The molecular formula is C16H17N3. The first-order valence-electron chi connectivity index (χ1n) is 6.13. The van der Waals surface area contributed by atoms with E-state index in [4.69, 9.17) is 11.0 Å². The van der Waals surface area contributed by atoms with Gasteiger partial charge < -0.3 is 10.6 Å². The molecule has 2 rings (SSSR count). The number of nitrogens with zero attached hydrogens (tertiary/aromatic N) is 2. The minimum atomic E-state index is 0.612. The molecule has 0 spiro atoms. The van der Waals surface area contributed by atoms with Gasteiger partial charge in [-0.25, -0.2) is 0 Å². The van der Waals surface area contributed by atoms with Crippen molar-refractivity contribution in [2.45, 2.75) is 13.8 Å². The molecule has 0 radical (unpaired) electrons. The van der Waals surface area contributed by atoms with E-state index in [2.05, 4.69) is 38.1 Å². The van der Waals surface area contributed by atoms with Crippen molar-refractivity contribution in [3.63, 3.8) is 0 Å². The largest absolute Gasteiger partial charge is 0.397 e. The van der Waals surface area contributed by atoms with E-state index in [0.717, 1.165) is 11.4 Å². The van der Waals surface area contributed by atoms with Crippen LogP contribution < -0.4 is 10.6 Å². The Kier molecular flexibility index (Phi) is 3.43. The fourth-order valence-electron chi connectivity index (χ4n) is 2.19. The Morgan fingerprint density at radius 1 is 1.05 bits per heavy atom. The normalized spacial score (nSPS) is 10.0. The van der Waals surface area contributed by atoms with E-state index >= 15 is 0 Å². The molecule has 0 bridgehead atoms. The van der Waals surface area contributed by atoms with Crippen LogP contribution in [-0.2, 0) is 0 Å². The van der Waals surface area contributed by atoms with Gasteiger partial charge in [0.2, 0.25) is 0 Å². The number of anilines is 3. The van der Waals surface area contributed by atoms with Gasteiger partial charge in [-0.1, -0.05) is 6.07 Å². The lowest BCUT2D eigenvalue weighted by atomic mass is 10.1. The zero-order valence-corrected chi connectivity index (χ0v) is 11.4. The van der Waals surface area contributed by atoms with Crippen LogP contribution in [0, 0.1) is 25.2 Å². The van der Waals surface area contributed by atoms with Crippen LogP contribution in [0.2, 0.25) is 0 Å². The van der Waals surface area contributed by atoms with Crippen LogP contribution in [0.4, 0.5) is 17.1 Å². The van der Waals surface area contributed by atoms with Gasteiger partial charge in [-0.2, -0.15) is 5.26 Å². The number of hydrogen-bond donors (Lipinski definition) is 1. The minimum Gasteiger partial charge on any atom is -0.397 e. The molecule has 19 heavy (non-hydrogen) atoms. The standard InChI is InChI=1S/C16H17N3/c1-11-6-12(2)8-14(7-11)19(3)16-9-13(10-17)4-5-15(16)18/h4-9H,18H2,1-3H3. The zero-order valence-electron chi connectivity index (χ0n) is 11.4. The summed E-state index contributed by atoms with van der Waals surface area (Å²) in [5, 5.41) is 8.98. The van der Waals surface area contributed by atoms with Gasteiger partial charge in [0, 0.05) is 12.7 Å². The molecule has 3 nitrogen and oxygen atoms in total. The molecule has 0 fully saturated rings. The molecule has 3 heteroatoms. The van der Waals surface area contributed by atoms with Gasteiger partial charge >= 0.3 is 0 Å². The molecule has 0 aliphatic rings. The predicted octanol–water partition coefficient (Wildman–Crippen LogP) is 3.53. The van der Waals surface area contributed by atoms with Gasteiger partial charge in [-0.05, 0) is 55.3 Å². The van der Waals surface area contributed by atoms with Crippen molar-refractivity contribution in [1.29, 1.82) is 5.26 Å². The number of rotatable bonds is 2. The van der Waals surface area contributed by atoms with E-state index in [0.29, 0.717) is 11.3 Å². The van der Waals surface area contributed by atoms with Crippen LogP contribution in [0.5, 0.6) is 0 Å². The van der Waals surface area contributed by atoms with Gasteiger partial charge in [0.15, 0.2) is 0 Å². The van der Waals surface area contributed by atoms with E-state index in [1.165, 1.54) is 11.1 Å². The first kappa shape index (κ1) is 13.0. The summed E-state index contributed by atoms with van der Waals surface area (Å²) in [7, 11) is 1.96. The van der Waals surface area contributed by atoms with Crippen LogP contribution in [0.15, 0.2) is 36.4 Å². The van der Waals surface area contributed by atoms with Gasteiger partial charge in [0.25, 0.3) is 0 Å². The van der Waals surface area contributed by atoms with Crippen molar-refractivity contribution in [3.05, 3.63) is 53.1 Å². The second-order valence-electron chi connectivity index (χ2n) is 4.79. The molecule has 0 atom stereocenters. The van der Waals surface area contributed by atoms with Crippen molar-refractivity contribution >= 4 is 17.1 Å². The minimum absolute atomic E-state index is 0.612. The highest BCUT2D eigenvalue weighted by molar-refractivity contribution is 5.76. The maximum atomic E-state index is 8.98. The second-order valence-corrected chi connectivity index (χ2v) is 4.79. The molecule has 0 saturated heterocycles. The molecule has 2 aromatic rings. The number of hydrogen-bond acceptors (Lipinski definition) is 3. The van der Waals surface area contributed by atoms with Gasteiger partial charge in [-0.3, -0.25) is 0 Å². The summed E-state index contributed by atoms with van der Waals surface area (Å²) in [6, 6.07) is 13.8. The Balaban J connectivity index is 2.49. The van der Waals surface area contributed by atoms with Gasteiger partial charge in [0.1, 0.15) is 0 Å². The van der Waals surface area contributed by atoms with E-state index in [9.17, 15) is 0 Å². The van der Waals surface area contributed by atoms with Gasteiger partial charge in [0.05, 0.1) is 23.0 Å². The molecule has 0 amide bonds. The molecule has 0 aromatic heterocycles. The summed E-state index contributed by atoms with van der Waals surface area (Å²) < 4.78 is 0. The summed E-state index contributed by atoms with van der Waals surface area (Å²) in [4.78, 5) is 2.01. The summed E-state index contributed by atoms with van der Waals surface area (Å²) in [6.07, 6.45) is 0. The Bertz CT molecular complexity index is 633. The van der Waals surface area contributed by atoms with E-state index in [-0.39, 0.29) is 0 Å². The number of nitrogen functional groups attached to an aromatic ring is 1. The smallest absolute Gasteiger partial charge is 0.0992 e. The lowest BCUT2D eigenvalue weighted by Gasteiger charge is -2.22. The van der Waals surface area contributed by atoms with Gasteiger partial charge in [-0.15, -0.1) is 0 Å². The van der Waals surface area contributed by atoms with Crippen LogP contribution >= 0.6 is 0 Å². The van der Waals surface area contributed by atoms with Crippen molar-refractivity contribution in [3.8, 4) is 6.07 Å². The molecule has 0 saturated carbocycles. The van der Waals surface area contributed by atoms with E-state index < -0.39 is 0 Å². The van der Waals surface area contributed by atoms with Crippen LogP contribution in [0.1, 0.15) is 16.7 Å². The number of benzene rings is 2. The SMILES string of the molecule is Cc1cc(C)cc(N(C)c2cc(C#N)ccc2N)c1. The summed E-state index contributed by atoms with van der Waals surface area (Å²) >= 11 is 0. The Morgan fingerprint density at radius 2 is 1.68 bits per heavy atom. The zero-order chi connectivity index (χ0) is 14.0. The maximum absolute atomic E-state index is 8.98. The number of nitriles is 1. The monoisotopic (exact) mass is 251 g/mol. The highest BCUT2D eigenvalue weighted by Crippen LogP contribution is 2.30. The molecule has 2 N–H and O–H groups in total. The van der Waals surface area contributed by atoms with Crippen molar-refractivity contribution in [2.75, 3.05) is 17.7 Å². The van der Waals surface area contributed by atoms with Crippen molar-refractivity contribution in [2.24, 2.45) is 0 Å². The topological polar surface area (TPSA) is 53.0 Å².